The van der Waals surface area contributed by atoms with Crippen molar-refractivity contribution < 1.29 is 133 Å². The van der Waals surface area contributed by atoms with Crippen molar-refractivity contribution in [2.75, 3.05) is 17.2 Å². The van der Waals surface area contributed by atoms with Crippen LogP contribution in [0.15, 0.2) is 124 Å². The Morgan fingerprint density at radius 3 is 1.36 bits per heavy atom. The van der Waals surface area contributed by atoms with E-state index in [2.05, 4.69) is 30.7 Å². The van der Waals surface area contributed by atoms with Gasteiger partial charge in [-0.2, -0.15) is 15.3 Å². The Morgan fingerprint density at radius 2 is 0.929 bits per heavy atom. The molecule has 5 rings (SSSR count). The Bertz CT molecular complexity index is 2630. The van der Waals surface area contributed by atoms with Crippen molar-refractivity contribution in [1.29, 1.82) is 0 Å². The number of hydrogen-bond donors (Lipinski definition) is 4. The van der Waals surface area contributed by atoms with Gasteiger partial charge in [0, 0.05) is 160 Å². The Labute approximate surface area is 514 Å². The standard InChI is InChI=1S/C28H23N9O10S3.3K.3Na/c29-15-1-10-21(20(30)13-15)35-32-16-2-4-17(5-3-16)33-36-26-22(49(42,43)44)11-14-12-23(50(45,46)47)27(28(38)24(14)25(26)31)37-34-18-6-8-19(9-7-18)48(39,40)41;;;;;;/h1-13,38H,29-31H2,(H,39,40,41)(H,42,43,44)(H,45,46,47);;;;;;/q;;;;3*+1/p-3. The third-order valence-corrected chi connectivity index (χ3v) is 9.23. The van der Waals surface area contributed by atoms with Crippen LogP contribution in [0.5, 0.6) is 5.75 Å². The fourth-order valence-corrected chi connectivity index (χ4v) is 6.12. The Morgan fingerprint density at radius 1 is 0.518 bits per heavy atom. The van der Waals surface area contributed by atoms with Gasteiger partial charge in [-0.25, -0.2) is 25.3 Å². The third kappa shape index (κ3) is 15.7. The van der Waals surface area contributed by atoms with E-state index in [0.29, 0.717) is 34.9 Å². The maximum Gasteiger partial charge on any atom is 1.00 e. The van der Waals surface area contributed by atoms with Crippen LogP contribution < -0.4 is 106 Å². The van der Waals surface area contributed by atoms with Crippen molar-refractivity contribution in [3.63, 3.8) is 0 Å². The first kappa shape index (κ1) is 60.1. The van der Waals surface area contributed by atoms with Crippen LogP contribution in [-0.2, 0) is 30.4 Å². The van der Waals surface area contributed by atoms with E-state index in [9.17, 15) is 44.0 Å². The molecule has 3 radical (unpaired) electrons. The van der Waals surface area contributed by atoms with Gasteiger partial charge in [-0.05, 0) is 84.2 Å². The summed E-state index contributed by atoms with van der Waals surface area (Å²) in [6.45, 7) is 0. The molecule has 19 nitrogen and oxygen atoms in total. The molecule has 0 saturated carbocycles. The summed E-state index contributed by atoms with van der Waals surface area (Å²) in [5.74, 6) is -1.07. The van der Waals surface area contributed by atoms with Crippen molar-refractivity contribution in [3.8, 4) is 5.75 Å². The first-order valence-electron chi connectivity index (χ1n) is 13.4. The fraction of sp³-hybridized carbons (Fsp3) is 0. The minimum Gasteiger partial charge on any atom is -0.744 e. The molecule has 0 amide bonds. The first-order chi connectivity index (χ1) is 23.3. The summed E-state index contributed by atoms with van der Waals surface area (Å²) in [5.41, 5.74) is 16.8. The summed E-state index contributed by atoms with van der Waals surface area (Å²) < 4.78 is 107. The van der Waals surface area contributed by atoms with E-state index >= 15 is 0 Å². The molecule has 0 spiro atoms. The number of nitrogens with zero attached hydrogens (tertiary/aromatic N) is 6. The molecule has 0 atom stereocenters. The molecular weight excluding hydrogens is 905 g/mol. The van der Waals surface area contributed by atoms with Gasteiger partial charge in [0.2, 0.25) is 0 Å². The zero-order chi connectivity index (χ0) is 36.6. The van der Waals surface area contributed by atoms with Crippen molar-refractivity contribution in [2.24, 2.45) is 30.7 Å². The molecule has 0 heterocycles. The molecule has 7 N–H and O–H groups in total. The summed E-state index contributed by atoms with van der Waals surface area (Å²) in [7, 11) is -15.6. The maximum atomic E-state index is 12.2. The molecular formula is C28H20K3N9Na3O10S3. The predicted octanol–water partition coefficient (Wildman–Crippen LogP) is -4.88. The number of phenols is 1. The molecule has 0 aliphatic carbocycles. The predicted molar refractivity (Wildman–Crippen MR) is 192 cm³/mol. The van der Waals surface area contributed by atoms with Gasteiger partial charge in [0.25, 0.3) is 0 Å². The number of fused-ring (bicyclic) bond motifs is 1. The van der Waals surface area contributed by atoms with Gasteiger partial charge < -0.3 is 36.0 Å². The molecule has 28 heteroatoms. The number of azo groups is 3. The monoisotopic (exact) mass is 924 g/mol. The number of anilines is 3. The summed E-state index contributed by atoms with van der Waals surface area (Å²) >= 11 is 0. The van der Waals surface area contributed by atoms with E-state index < -0.39 is 78.6 Å². The summed E-state index contributed by atoms with van der Waals surface area (Å²) in [6, 6.07) is 15.5. The summed E-state index contributed by atoms with van der Waals surface area (Å²) in [6.07, 6.45) is 0. The van der Waals surface area contributed by atoms with Gasteiger partial charge in [0.15, 0.2) is 5.75 Å². The number of benzene rings is 5. The normalized spacial score (nSPS) is 11.5. The number of aromatic hydroxyl groups is 1. The fourth-order valence-electron chi connectivity index (χ4n) is 4.35. The Kier molecular flexibility index (Phi) is 27.2. The minimum atomic E-state index is -5.44. The van der Waals surface area contributed by atoms with Gasteiger partial charge in [-0.15, -0.1) is 15.3 Å². The van der Waals surface area contributed by atoms with E-state index in [1.807, 2.05) is 0 Å². The van der Waals surface area contributed by atoms with Crippen molar-refractivity contribution in [3.05, 3.63) is 78.9 Å². The summed E-state index contributed by atoms with van der Waals surface area (Å²) in [4.78, 5) is -2.84. The largest absolute Gasteiger partial charge is 1.00 e. The van der Waals surface area contributed by atoms with Crippen LogP contribution in [0.1, 0.15) is 0 Å². The SMILES string of the molecule is Nc1ccc(N=Nc2ccc(N=Nc3c(S(=O)(=O)[O-])cc4cc(S(=O)(=O)[O-])c(N=Nc5ccc(S(=O)(=O)[O-])cc5)c(O)c4c3N)cc2)c(N)c1.[K].[K].[K].[Na+].[Na+].[Na+]. The van der Waals surface area contributed by atoms with Crippen LogP contribution in [0.3, 0.4) is 0 Å². The quantitative estimate of drug-likeness (QED) is 0.0467. The van der Waals surface area contributed by atoms with E-state index in [-0.39, 0.29) is 254 Å². The zero-order valence-electron chi connectivity index (χ0n) is 30.8. The number of rotatable bonds is 9. The van der Waals surface area contributed by atoms with E-state index in [1.54, 1.807) is 12.1 Å². The molecule has 261 valence electrons. The van der Waals surface area contributed by atoms with Gasteiger partial charge in [-0.1, -0.05) is 0 Å². The van der Waals surface area contributed by atoms with Crippen LogP contribution in [0, 0.1) is 0 Å². The Hall–Kier alpha value is 2.00. The third-order valence-electron chi connectivity index (χ3n) is 6.68. The Balaban J connectivity index is 0. The number of nitrogens with two attached hydrogens (primary N) is 3. The topological polar surface area (TPSA) is 344 Å². The molecule has 0 bridgehead atoms. The maximum absolute atomic E-state index is 12.2. The van der Waals surface area contributed by atoms with Gasteiger partial charge >= 0.3 is 88.7 Å². The van der Waals surface area contributed by atoms with Crippen LogP contribution >= 0.6 is 0 Å². The first-order valence-corrected chi connectivity index (χ1v) is 17.7. The molecule has 0 aliphatic rings. The van der Waals surface area contributed by atoms with Gasteiger partial charge in [0.1, 0.15) is 47.4 Å². The zero-order valence-corrected chi connectivity index (χ0v) is 48.6. The van der Waals surface area contributed by atoms with E-state index in [4.69, 9.17) is 17.2 Å². The van der Waals surface area contributed by atoms with E-state index in [0.717, 1.165) is 24.3 Å². The second-order valence-corrected chi connectivity index (χ2v) is 14.2. The average molecular weight is 925 g/mol. The molecule has 0 fully saturated rings. The van der Waals surface area contributed by atoms with Crippen LogP contribution in [0.4, 0.5) is 51.2 Å². The van der Waals surface area contributed by atoms with Crippen molar-refractivity contribution >= 4 is 246 Å². The smallest absolute Gasteiger partial charge is 0.744 e. The number of nitrogen functional groups attached to an aromatic ring is 3. The summed E-state index contributed by atoms with van der Waals surface area (Å²) in [5, 5.41) is 33.3. The molecule has 0 aliphatic heterocycles. The molecule has 5 aromatic rings. The van der Waals surface area contributed by atoms with Crippen molar-refractivity contribution in [1.82, 2.24) is 0 Å². The van der Waals surface area contributed by atoms with E-state index in [1.165, 1.54) is 30.3 Å². The minimum absolute atomic E-state index is 0. The average Bonchev–Trinajstić information content (AvgIpc) is 3.02. The van der Waals surface area contributed by atoms with Gasteiger partial charge in [-0.3, -0.25) is 0 Å². The van der Waals surface area contributed by atoms with Crippen LogP contribution in [-0.4, -0.2) is 198 Å². The van der Waals surface area contributed by atoms with Crippen LogP contribution in [0.2, 0.25) is 0 Å². The molecule has 5 aromatic carbocycles. The van der Waals surface area contributed by atoms with Gasteiger partial charge in [0.05, 0.1) is 48.5 Å². The number of hydrogen-bond acceptors (Lipinski definition) is 19. The molecule has 0 aromatic heterocycles. The molecule has 56 heavy (non-hydrogen) atoms. The second-order valence-electron chi connectivity index (χ2n) is 10.1. The second kappa shape index (κ2) is 25.3. The van der Waals surface area contributed by atoms with Crippen LogP contribution in [0.25, 0.3) is 10.8 Å². The number of phenolic OH excluding ortho intramolecular Hbond substituents is 1. The molecule has 0 saturated heterocycles. The van der Waals surface area contributed by atoms with Crippen molar-refractivity contribution in [2.45, 2.75) is 14.7 Å². The molecule has 0 unspecified atom stereocenters.